The van der Waals surface area contributed by atoms with Crippen molar-refractivity contribution in [1.82, 2.24) is 10.4 Å². The first-order chi connectivity index (χ1) is 11.0. The van der Waals surface area contributed by atoms with Crippen LogP contribution in [0.3, 0.4) is 0 Å². The number of carbonyl (C=O) groups excluding carboxylic acids is 3. The largest absolute Gasteiger partial charge is 0.272 e. The average Bonchev–Trinajstić information content (AvgIpc) is 3.27. The molecule has 2 aliphatic carbocycles. The van der Waals surface area contributed by atoms with E-state index in [9.17, 15) is 14.4 Å². The van der Waals surface area contributed by atoms with E-state index in [0.717, 1.165) is 28.3 Å². The Hall–Kier alpha value is -1.95. The van der Waals surface area contributed by atoms with Crippen molar-refractivity contribution in [3.8, 4) is 0 Å². The number of nitrogens with zero attached hydrogens (tertiary/aromatic N) is 1. The maximum atomic E-state index is 12.6. The van der Waals surface area contributed by atoms with E-state index >= 15 is 0 Å². The molecule has 1 N–H and O–H groups in total. The summed E-state index contributed by atoms with van der Waals surface area (Å²) in [4.78, 5) is 38.8. The van der Waals surface area contributed by atoms with E-state index < -0.39 is 0 Å². The molecule has 6 heteroatoms. The fourth-order valence-corrected chi connectivity index (χ4v) is 5.22. The highest BCUT2D eigenvalue weighted by molar-refractivity contribution is 7.10. The van der Waals surface area contributed by atoms with Gasteiger partial charge in [-0.05, 0) is 37.2 Å². The van der Waals surface area contributed by atoms with Crippen LogP contribution in [-0.2, 0) is 16.0 Å². The lowest BCUT2D eigenvalue weighted by atomic mass is 9.85. The third-order valence-corrected chi connectivity index (χ3v) is 6.34. The molecule has 1 saturated carbocycles. The Morgan fingerprint density at radius 3 is 2.43 bits per heavy atom. The summed E-state index contributed by atoms with van der Waals surface area (Å²) in [6, 6.07) is 0. The van der Waals surface area contributed by atoms with Gasteiger partial charge in [0.25, 0.3) is 17.7 Å². The molecule has 2 fully saturated rings. The van der Waals surface area contributed by atoms with Crippen LogP contribution >= 0.6 is 11.3 Å². The van der Waals surface area contributed by atoms with Gasteiger partial charge in [-0.3, -0.25) is 19.8 Å². The third-order valence-electron chi connectivity index (χ3n) is 5.39. The van der Waals surface area contributed by atoms with Crippen LogP contribution in [0.1, 0.15) is 34.1 Å². The molecule has 0 unspecified atom stereocenters. The van der Waals surface area contributed by atoms with E-state index in [2.05, 4.69) is 5.43 Å². The van der Waals surface area contributed by atoms with Gasteiger partial charge < -0.3 is 0 Å². The lowest BCUT2D eigenvalue weighted by Gasteiger charge is -2.18. The van der Waals surface area contributed by atoms with Gasteiger partial charge in [-0.1, -0.05) is 19.1 Å². The Bertz CT molecular complexity index is 721. The lowest BCUT2D eigenvalue weighted by Crippen LogP contribution is -2.47. The Labute approximate surface area is 138 Å². The molecule has 4 rings (SSSR count). The summed E-state index contributed by atoms with van der Waals surface area (Å²) in [5.74, 6) is -1.14. The number of fused-ring (bicyclic) bond motifs is 5. The molecule has 3 aliphatic rings. The van der Waals surface area contributed by atoms with Gasteiger partial charge in [-0.15, -0.1) is 11.3 Å². The van der Waals surface area contributed by atoms with E-state index in [4.69, 9.17) is 0 Å². The monoisotopic (exact) mass is 330 g/mol. The molecule has 0 spiro atoms. The molecule has 2 heterocycles. The molecule has 1 saturated heterocycles. The summed E-state index contributed by atoms with van der Waals surface area (Å²) in [5, 5.41) is 2.76. The molecule has 1 aromatic heterocycles. The number of nitrogens with one attached hydrogen (secondary N) is 1. The van der Waals surface area contributed by atoms with Crippen LogP contribution in [0.5, 0.6) is 0 Å². The van der Waals surface area contributed by atoms with E-state index in [0.29, 0.717) is 5.56 Å². The fourth-order valence-electron chi connectivity index (χ4n) is 4.28. The van der Waals surface area contributed by atoms with Crippen molar-refractivity contribution in [3.63, 3.8) is 0 Å². The third kappa shape index (κ3) is 1.94. The molecule has 1 aromatic rings. The maximum absolute atomic E-state index is 12.6. The van der Waals surface area contributed by atoms with E-state index in [-0.39, 0.29) is 41.4 Å². The van der Waals surface area contributed by atoms with Gasteiger partial charge in [0.05, 0.1) is 17.4 Å². The normalized spacial score (nSPS) is 31.1. The van der Waals surface area contributed by atoms with Crippen molar-refractivity contribution in [2.24, 2.45) is 23.7 Å². The predicted molar refractivity (Wildman–Crippen MR) is 85.5 cm³/mol. The van der Waals surface area contributed by atoms with Gasteiger partial charge in [-0.25, -0.2) is 0 Å². The van der Waals surface area contributed by atoms with Gasteiger partial charge >= 0.3 is 0 Å². The molecular weight excluding hydrogens is 312 g/mol. The summed E-state index contributed by atoms with van der Waals surface area (Å²) >= 11 is 1.51. The Kier molecular flexibility index (Phi) is 3.20. The molecule has 3 amide bonds. The first-order valence-electron chi connectivity index (χ1n) is 7.97. The van der Waals surface area contributed by atoms with E-state index in [1.165, 1.54) is 11.3 Å². The average molecular weight is 330 g/mol. The number of hydrazine groups is 1. The second kappa shape index (κ2) is 5.03. The Morgan fingerprint density at radius 1 is 1.26 bits per heavy atom. The number of hydrogen-bond donors (Lipinski definition) is 1. The zero-order valence-corrected chi connectivity index (χ0v) is 13.9. The minimum absolute atomic E-state index is 0.151. The highest BCUT2D eigenvalue weighted by atomic mass is 32.1. The number of imide groups is 1. The second-order valence-corrected chi connectivity index (χ2v) is 7.57. The lowest BCUT2D eigenvalue weighted by molar-refractivity contribution is -0.143. The molecule has 23 heavy (non-hydrogen) atoms. The summed E-state index contributed by atoms with van der Waals surface area (Å²) in [6.07, 6.45) is 5.72. The highest BCUT2D eigenvalue weighted by Crippen LogP contribution is 2.52. The number of amides is 3. The number of rotatable bonds is 3. The zero-order valence-electron chi connectivity index (χ0n) is 13.0. The zero-order chi connectivity index (χ0) is 16.3. The van der Waals surface area contributed by atoms with Crippen molar-refractivity contribution in [3.05, 3.63) is 33.5 Å². The smallest absolute Gasteiger partial charge is 0.271 e. The molecule has 120 valence electrons. The van der Waals surface area contributed by atoms with Crippen LogP contribution in [0.2, 0.25) is 0 Å². The summed E-state index contributed by atoms with van der Waals surface area (Å²) < 4.78 is 0. The standard InChI is InChI=1S/C17H18N2O3S/c1-3-11-8(2)23-7-12(11)15(20)18-19-16(21)13-9-4-5-10(6-9)14(13)17(19)22/h4-5,7,9-10,13-14H,3,6H2,1-2H3,(H,18,20)/t9-,10-,13-,14+/m0/s1. The highest BCUT2D eigenvalue weighted by Gasteiger charge is 2.59. The SMILES string of the molecule is CCc1c(C(=O)NN2C(=O)[C@@H]3[C@H](C2=O)[C@H]2C=C[C@H]3C2)csc1C. The molecule has 2 bridgehead atoms. The molecular formula is C17H18N2O3S. The van der Waals surface area contributed by atoms with Gasteiger partial charge in [0.15, 0.2) is 0 Å². The first-order valence-corrected chi connectivity index (χ1v) is 8.85. The fraction of sp³-hybridized carbons (Fsp3) is 0.471. The van der Waals surface area contributed by atoms with Crippen LogP contribution in [-0.4, -0.2) is 22.7 Å². The van der Waals surface area contributed by atoms with Crippen LogP contribution < -0.4 is 5.43 Å². The second-order valence-electron chi connectivity index (χ2n) is 6.49. The minimum atomic E-state index is -0.367. The van der Waals surface area contributed by atoms with Gasteiger partial charge in [0.1, 0.15) is 0 Å². The Morgan fingerprint density at radius 2 is 1.87 bits per heavy atom. The van der Waals surface area contributed by atoms with Crippen molar-refractivity contribution >= 4 is 29.1 Å². The molecule has 1 aliphatic heterocycles. The molecule has 4 atom stereocenters. The Balaban J connectivity index is 1.57. The number of thiophene rings is 1. The maximum Gasteiger partial charge on any atom is 0.271 e. The van der Waals surface area contributed by atoms with Crippen LogP contribution in [0, 0.1) is 30.6 Å². The van der Waals surface area contributed by atoms with Gasteiger partial charge in [0.2, 0.25) is 0 Å². The molecule has 5 nitrogen and oxygen atoms in total. The van der Waals surface area contributed by atoms with Gasteiger partial charge in [-0.2, -0.15) is 5.01 Å². The predicted octanol–water partition coefficient (Wildman–Crippen LogP) is 2.07. The van der Waals surface area contributed by atoms with Crippen LogP contribution in [0.15, 0.2) is 17.5 Å². The van der Waals surface area contributed by atoms with E-state index in [1.807, 2.05) is 26.0 Å². The number of allylic oxidation sites excluding steroid dienone is 2. The number of hydrogen-bond acceptors (Lipinski definition) is 4. The van der Waals surface area contributed by atoms with Crippen molar-refractivity contribution in [2.45, 2.75) is 26.7 Å². The van der Waals surface area contributed by atoms with Gasteiger partial charge in [0, 0.05) is 10.3 Å². The molecule has 0 radical (unpaired) electrons. The van der Waals surface area contributed by atoms with Crippen molar-refractivity contribution in [2.75, 3.05) is 0 Å². The summed E-state index contributed by atoms with van der Waals surface area (Å²) in [6.45, 7) is 3.96. The summed E-state index contributed by atoms with van der Waals surface area (Å²) in [5.41, 5.74) is 4.10. The molecule has 0 aromatic carbocycles. The minimum Gasteiger partial charge on any atom is -0.272 e. The van der Waals surface area contributed by atoms with E-state index in [1.54, 1.807) is 5.38 Å². The van der Waals surface area contributed by atoms with Crippen molar-refractivity contribution < 1.29 is 14.4 Å². The van der Waals surface area contributed by atoms with Crippen LogP contribution in [0.25, 0.3) is 0 Å². The van der Waals surface area contributed by atoms with Crippen LogP contribution in [0.4, 0.5) is 0 Å². The topological polar surface area (TPSA) is 66.5 Å². The number of aryl methyl sites for hydroxylation is 1. The summed E-state index contributed by atoms with van der Waals surface area (Å²) in [7, 11) is 0. The first kappa shape index (κ1) is 14.6. The number of carbonyl (C=O) groups is 3. The van der Waals surface area contributed by atoms with Crippen molar-refractivity contribution in [1.29, 1.82) is 0 Å². The quantitative estimate of drug-likeness (QED) is 0.681.